The van der Waals surface area contributed by atoms with Crippen LogP contribution in [0.1, 0.15) is 0 Å². The molecule has 0 aliphatic heterocycles. The summed E-state index contributed by atoms with van der Waals surface area (Å²) in [6.45, 7) is 0. The van der Waals surface area contributed by atoms with Crippen LogP contribution in [0.3, 0.4) is 0 Å². The molecule has 0 saturated heterocycles. The first-order chi connectivity index (χ1) is 15.3. The third kappa shape index (κ3) is 2.57. The van der Waals surface area contributed by atoms with Gasteiger partial charge in [-0.25, -0.2) is 4.79 Å². The zero-order valence-corrected chi connectivity index (χ0v) is 17.0. The average molecular weight is 432 g/mol. The highest BCUT2D eigenvalue weighted by Gasteiger charge is 2.23. The van der Waals surface area contributed by atoms with Gasteiger partial charge in [-0.15, -0.1) is 0 Å². The smallest absolute Gasteiger partial charge is 0.332 e. The molecule has 2 aromatic carbocycles. The van der Waals surface area contributed by atoms with E-state index in [-0.39, 0.29) is 28.4 Å². The monoisotopic (exact) mass is 432 g/mol. The van der Waals surface area contributed by atoms with Gasteiger partial charge in [-0.1, -0.05) is 24.3 Å². The average Bonchev–Trinajstić information content (AvgIpc) is 3.33. The predicted molar refractivity (Wildman–Crippen MR) is 116 cm³/mol. The van der Waals surface area contributed by atoms with Crippen LogP contribution in [0.25, 0.3) is 33.9 Å². The minimum absolute atomic E-state index is 0.0499. The maximum atomic E-state index is 12.9. The standard InChI is InChI=1S/C21H16N6O5/c1-23-18-17(19(29)24(2)21(23)30)25-11-15(12-6-5-7-13(10-12)27(31)32)26(20(25)22-18)14-8-3-4-9-16(14)28/h3-11,28H,1-2H3. The molecule has 0 bridgehead atoms. The van der Waals surface area contributed by atoms with Crippen molar-refractivity contribution < 1.29 is 10.0 Å². The normalized spacial score (nSPS) is 11.4. The number of nitro benzene ring substituents is 1. The van der Waals surface area contributed by atoms with Gasteiger partial charge >= 0.3 is 5.69 Å². The summed E-state index contributed by atoms with van der Waals surface area (Å²) in [5.41, 5.74) is 0.521. The summed E-state index contributed by atoms with van der Waals surface area (Å²) in [7, 11) is 2.90. The van der Waals surface area contributed by atoms with Crippen molar-refractivity contribution in [3.63, 3.8) is 0 Å². The van der Waals surface area contributed by atoms with Crippen molar-refractivity contribution in [3.8, 4) is 22.7 Å². The van der Waals surface area contributed by atoms with Crippen molar-refractivity contribution in [2.24, 2.45) is 14.1 Å². The lowest BCUT2D eigenvalue weighted by molar-refractivity contribution is -0.384. The lowest BCUT2D eigenvalue weighted by Gasteiger charge is -2.10. The van der Waals surface area contributed by atoms with Crippen molar-refractivity contribution in [1.29, 1.82) is 0 Å². The molecular weight excluding hydrogens is 416 g/mol. The van der Waals surface area contributed by atoms with Crippen molar-refractivity contribution in [2.45, 2.75) is 0 Å². The van der Waals surface area contributed by atoms with Crippen LogP contribution in [0.15, 0.2) is 64.3 Å². The highest BCUT2D eigenvalue weighted by Crippen LogP contribution is 2.33. The number of nitrogens with zero attached hydrogens (tertiary/aromatic N) is 6. The van der Waals surface area contributed by atoms with Crippen molar-refractivity contribution >= 4 is 22.6 Å². The van der Waals surface area contributed by atoms with E-state index in [1.165, 1.54) is 41.3 Å². The number of aryl methyl sites for hydroxylation is 1. The van der Waals surface area contributed by atoms with E-state index in [0.29, 0.717) is 16.9 Å². The molecule has 0 radical (unpaired) electrons. The van der Waals surface area contributed by atoms with Crippen LogP contribution in [0.4, 0.5) is 5.69 Å². The van der Waals surface area contributed by atoms with Gasteiger partial charge in [0, 0.05) is 38.0 Å². The quantitative estimate of drug-likeness (QED) is 0.343. The molecule has 160 valence electrons. The molecule has 0 fully saturated rings. The fourth-order valence-electron chi connectivity index (χ4n) is 3.84. The topological polar surface area (TPSA) is 130 Å². The van der Waals surface area contributed by atoms with Gasteiger partial charge in [-0.3, -0.25) is 33.0 Å². The Morgan fingerprint density at radius 3 is 2.50 bits per heavy atom. The number of aromatic nitrogens is 5. The van der Waals surface area contributed by atoms with E-state index in [0.717, 1.165) is 4.57 Å². The number of fused-ring (bicyclic) bond motifs is 3. The van der Waals surface area contributed by atoms with E-state index >= 15 is 0 Å². The molecule has 11 nitrogen and oxygen atoms in total. The predicted octanol–water partition coefficient (Wildman–Crippen LogP) is 1.96. The molecule has 0 amide bonds. The van der Waals surface area contributed by atoms with E-state index in [2.05, 4.69) is 4.98 Å². The van der Waals surface area contributed by atoms with Gasteiger partial charge in [0.1, 0.15) is 5.75 Å². The number of aromatic hydroxyl groups is 1. The SMILES string of the molecule is Cn1c(=O)c2c(nc3n(-c4ccccc4O)c(-c4cccc([N+](=O)[O-])c4)cn23)n(C)c1=O. The molecular formula is C21H16N6O5. The van der Waals surface area contributed by atoms with Crippen LogP contribution in [-0.2, 0) is 14.1 Å². The molecule has 5 aromatic rings. The van der Waals surface area contributed by atoms with Crippen LogP contribution in [0.2, 0.25) is 0 Å². The number of para-hydroxylation sites is 2. The number of rotatable bonds is 3. The molecule has 0 unspecified atom stereocenters. The molecule has 3 aromatic heterocycles. The summed E-state index contributed by atoms with van der Waals surface area (Å²) >= 11 is 0. The molecule has 3 heterocycles. The van der Waals surface area contributed by atoms with E-state index < -0.39 is 16.2 Å². The molecule has 0 aliphatic rings. The van der Waals surface area contributed by atoms with Crippen molar-refractivity contribution in [2.75, 3.05) is 0 Å². The second kappa shape index (κ2) is 6.67. The summed E-state index contributed by atoms with van der Waals surface area (Å²) in [5.74, 6) is 0.215. The minimum Gasteiger partial charge on any atom is -0.506 e. The van der Waals surface area contributed by atoms with Crippen LogP contribution < -0.4 is 11.2 Å². The maximum absolute atomic E-state index is 12.9. The third-order valence-electron chi connectivity index (χ3n) is 5.44. The Labute approximate surface area is 178 Å². The summed E-state index contributed by atoms with van der Waals surface area (Å²) in [6.07, 6.45) is 1.61. The van der Waals surface area contributed by atoms with Crippen molar-refractivity contribution in [3.05, 3.63) is 85.7 Å². The van der Waals surface area contributed by atoms with Crippen LogP contribution in [-0.4, -0.2) is 33.1 Å². The van der Waals surface area contributed by atoms with Crippen LogP contribution >= 0.6 is 0 Å². The molecule has 0 spiro atoms. The number of imidazole rings is 2. The molecule has 11 heteroatoms. The van der Waals surface area contributed by atoms with Crippen molar-refractivity contribution in [1.82, 2.24) is 23.1 Å². The van der Waals surface area contributed by atoms with E-state index in [1.54, 1.807) is 41.1 Å². The van der Waals surface area contributed by atoms with E-state index in [4.69, 9.17) is 0 Å². The minimum atomic E-state index is -0.532. The largest absolute Gasteiger partial charge is 0.506 e. The lowest BCUT2D eigenvalue weighted by Crippen LogP contribution is -2.37. The highest BCUT2D eigenvalue weighted by atomic mass is 16.6. The number of hydrogen-bond donors (Lipinski definition) is 1. The number of non-ortho nitro benzene ring substituents is 1. The number of hydrogen-bond acceptors (Lipinski definition) is 6. The van der Waals surface area contributed by atoms with E-state index in [9.17, 15) is 24.8 Å². The molecule has 0 atom stereocenters. The number of phenols is 1. The Balaban J connectivity index is 1.97. The highest BCUT2D eigenvalue weighted by molar-refractivity contribution is 5.80. The van der Waals surface area contributed by atoms with Gasteiger partial charge in [-0.2, -0.15) is 4.98 Å². The van der Waals surface area contributed by atoms with Gasteiger partial charge in [-0.05, 0) is 12.1 Å². The third-order valence-corrected chi connectivity index (χ3v) is 5.44. The van der Waals surface area contributed by atoms with Crippen LogP contribution in [0, 0.1) is 10.1 Å². The summed E-state index contributed by atoms with van der Waals surface area (Å²) < 4.78 is 5.38. The number of phenolic OH excluding ortho intramolecular Hbond substituents is 1. The molecule has 0 saturated carbocycles. The molecule has 32 heavy (non-hydrogen) atoms. The first-order valence-corrected chi connectivity index (χ1v) is 9.52. The Bertz CT molecular complexity index is 1690. The first kappa shape index (κ1) is 19.3. The summed E-state index contributed by atoms with van der Waals surface area (Å²) in [5, 5.41) is 21.8. The fourth-order valence-corrected chi connectivity index (χ4v) is 3.84. The molecule has 0 aliphatic carbocycles. The van der Waals surface area contributed by atoms with Crippen LogP contribution in [0.5, 0.6) is 5.75 Å². The van der Waals surface area contributed by atoms with Gasteiger partial charge < -0.3 is 5.11 Å². The fraction of sp³-hybridized carbons (Fsp3) is 0.0952. The maximum Gasteiger partial charge on any atom is 0.332 e. The van der Waals surface area contributed by atoms with E-state index in [1.807, 2.05) is 0 Å². The second-order valence-electron chi connectivity index (χ2n) is 7.31. The Kier molecular flexibility index (Phi) is 4.02. The summed E-state index contributed by atoms with van der Waals surface area (Å²) in [6, 6.07) is 12.6. The van der Waals surface area contributed by atoms with Gasteiger partial charge in [0.05, 0.1) is 16.3 Å². The first-order valence-electron chi connectivity index (χ1n) is 9.52. The van der Waals surface area contributed by atoms with Gasteiger partial charge in [0.15, 0.2) is 11.2 Å². The second-order valence-corrected chi connectivity index (χ2v) is 7.31. The van der Waals surface area contributed by atoms with Gasteiger partial charge in [0.2, 0.25) is 5.78 Å². The lowest BCUT2D eigenvalue weighted by atomic mass is 10.1. The van der Waals surface area contributed by atoms with Gasteiger partial charge in [0.25, 0.3) is 11.2 Å². The zero-order chi connectivity index (χ0) is 22.7. The number of benzene rings is 2. The number of nitro groups is 1. The molecule has 1 N–H and O–H groups in total. The molecule has 5 rings (SSSR count). The zero-order valence-electron chi connectivity index (χ0n) is 17.0. The summed E-state index contributed by atoms with van der Waals surface area (Å²) in [4.78, 5) is 40.6. The Morgan fingerprint density at radius 2 is 1.78 bits per heavy atom. The Hall–Kier alpha value is -4.67. The Morgan fingerprint density at radius 1 is 1.03 bits per heavy atom.